The van der Waals surface area contributed by atoms with Crippen LogP contribution in [0.2, 0.25) is 0 Å². The number of ether oxygens (including phenoxy) is 1. The molecule has 0 aliphatic carbocycles. The SMILES string of the molecule is CN=C(NCc1ccccc1C)NCC(C)N1CCOCC1C. The van der Waals surface area contributed by atoms with Crippen LogP contribution in [0.25, 0.3) is 0 Å². The summed E-state index contributed by atoms with van der Waals surface area (Å²) in [7, 11) is 1.81. The number of aliphatic imine (C=N–C) groups is 1. The highest BCUT2D eigenvalue weighted by atomic mass is 16.5. The van der Waals surface area contributed by atoms with E-state index in [0.717, 1.165) is 38.8 Å². The molecule has 2 rings (SSSR count). The second-order valence-corrected chi connectivity index (χ2v) is 6.24. The second-order valence-electron chi connectivity index (χ2n) is 6.24. The van der Waals surface area contributed by atoms with Crippen LogP contribution in [0.4, 0.5) is 0 Å². The highest BCUT2D eigenvalue weighted by Gasteiger charge is 2.23. The van der Waals surface area contributed by atoms with Gasteiger partial charge in [0.1, 0.15) is 0 Å². The zero-order valence-corrected chi connectivity index (χ0v) is 14.8. The third kappa shape index (κ3) is 5.22. The van der Waals surface area contributed by atoms with Crippen molar-refractivity contribution in [2.75, 3.05) is 33.4 Å². The lowest BCUT2D eigenvalue weighted by molar-refractivity contribution is -0.0174. The van der Waals surface area contributed by atoms with E-state index in [1.54, 1.807) is 0 Å². The van der Waals surface area contributed by atoms with Crippen molar-refractivity contribution in [1.82, 2.24) is 15.5 Å². The van der Waals surface area contributed by atoms with Gasteiger partial charge < -0.3 is 15.4 Å². The van der Waals surface area contributed by atoms with Gasteiger partial charge in [-0.05, 0) is 31.9 Å². The Bertz CT molecular complexity index is 517. The van der Waals surface area contributed by atoms with Crippen LogP contribution < -0.4 is 10.6 Å². The Hall–Kier alpha value is -1.59. The van der Waals surface area contributed by atoms with Gasteiger partial charge in [-0.15, -0.1) is 0 Å². The maximum Gasteiger partial charge on any atom is 0.191 e. The van der Waals surface area contributed by atoms with Gasteiger partial charge in [0.05, 0.1) is 13.2 Å². The molecule has 23 heavy (non-hydrogen) atoms. The van der Waals surface area contributed by atoms with Gasteiger partial charge in [0, 0.05) is 38.8 Å². The summed E-state index contributed by atoms with van der Waals surface area (Å²) in [6.45, 7) is 10.9. The van der Waals surface area contributed by atoms with Crippen LogP contribution in [-0.2, 0) is 11.3 Å². The van der Waals surface area contributed by atoms with E-state index < -0.39 is 0 Å². The highest BCUT2D eigenvalue weighted by Crippen LogP contribution is 2.10. The predicted octanol–water partition coefficient (Wildman–Crippen LogP) is 1.77. The first-order valence-electron chi connectivity index (χ1n) is 8.44. The monoisotopic (exact) mass is 318 g/mol. The quantitative estimate of drug-likeness (QED) is 0.642. The Kier molecular flexibility index (Phi) is 6.86. The Morgan fingerprint density at radius 1 is 1.39 bits per heavy atom. The first kappa shape index (κ1) is 17.8. The molecule has 1 aromatic carbocycles. The topological polar surface area (TPSA) is 48.9 Å². The molecule has 0 radical (unpaired) electrons. The van der Waals surface area contributed by atoms with E-state index in [1.807, 2.05) is 7.05 Å². The van der Waals surface area contributed by atoms with Gasteiger partial charge in [-0.1, -0.05) is 24.3 Å². The van der Waals surface area contributed by atoms with Crippen LogP contribution in [0.1, 0.15) is 25.0 Å². The minimum atomic E-state index is 0.450. The molecule has 0 saturated carbocycles. The van der Waals surface area contributed by atoms with Crippen molar-refractivity contribution in [2.24, 2.45) is 4.99 Å². The van der Waals surface area contributed by atoms with Gasteiger partial charge in [0.25, 0.3) is 0 Å². The van der Waals surface area contributed by atoms with Gasteiger partial charge in [0.15, 0.2) is 5.96 Å². The molecular formula is C18H30N4O. The van der Waals surface area contributed by atoms with E-state index in [2.05, 4.69) is 65.6 Å². The van der Waals surface area contributed by atoms with Gasteiger partial charge in [0.2, 0.25) is 0 Å². The number of nitrogens with one attached hydrogen (secondary N) is 2. The Morgan fingerprint density at radius 2 is 2.17 bits per heavy atom. The molecule has 1 saturated heterocycles. The maximum atomic E-state index is 5.51. The highest BCUT2D eigenvalue weighted by molar-refractivity contribution is 5.79. The summed E-state index contributed by atoms with van der Waals surface area (Å²) in [6.07, 6.45) is 0. The number of hydrogen-bond donors (Lipinski definition) is 2. The van der Waals surface area contributed by atoms with E-state index in [-0.39, 0.29) is 0 Å². The minimum Gasteiger partial charge on any atom is -0.379 e. The smallest absolute Gasteiger partial charge is 0.191 e. The van der Waals surface area contributed by atoms with Crippen LogP contribution >= 0.6 is 0 Å². The summed E-state index contributed by atoms with van der Waals surface area (Å²) in [5.41, 5.74) is 2.59. The summed E-state index contributed by atoms with van der Waals surface area (Å²) in [6, 6.07) is 9.34. The van der Waals surface area contributed by atoms with Gasteiger partial charge >= 0.3 is 0 Å². The Balaban J connectivity index is 1.79. The fourth-order valence-corrected chi connectivity index (χ4v) is 2.96. The molecule has 0 aromatic heterocycles. The molecule has 1 aliphatic rings. The molecule has 2 atom stereocenters. The molecule has 5 nitrogen and oxygen atoms in total. The molecule has 128 valence electrons. The van der Waals surface area contributed by atoms with Gasteiger partial charge in [-0.2, -0.15) is 0 Å². The van der Waals surface area contributed by atoms with Crippen LogP contribution in [-0.4, -0.2) is 56.3 Å². The van der Waals surface area contributed by atoms with E-state index in [1.165, 1.54) is 11.1 Å². The summed E-state index contributed by atoms with van der Waals surface area (Å²) in [5, 5.41) is 6.82. The maximum absolute atomic E-state index is 5.51. The number of hydrogen-bond acceptors (Lipinski definition) is 3. The largest absolute Gasteiger partial charge is 0.379 e. The molecule has 1 fully saturated rings. The summed E-state index contributed by atoms with van der Waals surface area (Å²) < 4.78 is 5.51. The molecule has 2 unspecified atom stereocenters. The molecule has 0 spiro atoms. The number of aryl methyl sites for hydroxylation is 1. The zero-order valence-electron chi connectivity index (χ0n) is 14.8. The lowest BCUT2D eigenvalue weighted by Crippen LogP contribution is -2.52. The zero-order chi connectivity index (χ0) is 16.7. The lowest BCUT2D eigenvalue weighted by Gasteiger charge is -2.38. The third-order valence-corrected chi connectivity index (χ3v) is 4.48. The van der Waals surface area contributed by atoms with E-state index in [0.29, 0.717) is 12.1 Å². The molecule has 1 aromatic rings. The van der Waals surface area contributed by atoms with Crippen molar-refractivity contribution in [3.8, 4) is 0 Å². The fourth-order valence-electron chi connectivity index (χ4n) is 2.96. The summed E-state index contributed by atoms with van der Waals surface area (Å²) in [5.74, 6) is 0.848. The van der Waals surface area contributed by atoms with Crippen LogP contribution in [0.3, 0.4) is 0 Å². The lowest BCUT2D eigenvalue weighted by atomic mass is 10.1. The average molecular weight is 318 g/mol. The summed E-state index contributed by atoms with van der Waals surface area (Å²) in [4.78, 5) is 6.81. The van der Waals surface area contributed by atoms with E-state index in [9.17, 15) is 0 Å². The summed E-state index contributed by atoms with van der Waals surface area (Å²) >= 11 is 0. The van der Waals surface area contributed by atoms with E-state index in [4.69, 9.17) is 4.74 Å². The molecular weight excluding hydrogens is 288 g/mol. The average Bonchev–Trinajstić information content (AvgIpc) is 2.56. The molecule has 0 amide bonds. The Morgan fingerprint density at radius 3 is 2.87 bits per heavy atom. The van der Waals surface area contributed by atoms with Gasteiger partial charge in [-0.3, -0.25) is 9.89 Å². The standard InChI is InChI=1S/C18H30N4O/c1-14-7-5-6-8-17(14)12-21-18(19-4)20-11-15(2)22-9-10-23-13-16(22)3/h5-8,15-16H,9-13H2,1-4H3,(H2,19,20,21). The molecule has 1 heterocycles. The minimum absolute atomic E-state index is 0.450. The fraction of sp³-hybridized carbons (Fsp3) is 0.611. The van der Waals surface area contributed by atoms with Crippen LogP contribution in [0.15, 0.2) is 29.3 Å². The van der Waals surface area contributed by atoms with Crippen LogP contribution in [0, 0.1) is 6.92 Å². The molecule has 2 N–H and O–H groups in total. The van der Waals surface area contributed by atoms with Crippen LogP contribution in [0.5, 0.6) is 0 Å². The normalized spacial score (nSPS) is 21.0. The first-order valence-corrected chi connectivity index (χ1v) is 8.44. The first-order chi connectivity index (χ1) is 11.1. The molecule has 0 bridgehead atoms. The molecule has 1 aliphatic heterocycles. The number of nitrogens with zero attached hydrogens (tertiary/aromatic N) is 2. The second kappa shape index (κ2) is 8.89. The Labute approximate surface area is 140 Å². The van der Waals surface area contributed by atoms with Crippen molar-refractivity contribution < 1.29 is 4.74 Å². The number of rotatable bonds is 5. The van der Waals surface area contributed by atoms with Crippen molar-refractivity contribution in [2.45, 2.75) is 39.4 Å². The number of morpholine rings is 1. The predicted molar refractivity (Wildman–Crippen MR) is 95.8 cm³/mol. The van der Waals surface area contributed by atoms with Crippen molar-refractivity contribution in [3.63, 3.8) is 0 Å². The molecule has 5 heteroatoms. The third-order valence-electron chi connectivity index (χ3n) is 4.48. The number of benzene rings is 1. The van der Waals surface area contributed by atoms with Gasteiger partial charge in [-0.25, -0.2) is 0 Å². The van der Waals surface area contributed by atoms with Crippen molar-refractivity contribution in [1.29, 1.82) is 0 Å². The van der Waals surface area contributed by atoms with E-state index >= 15 is 0 Å². The number of guanidine groups is 1. The van der Waals surface area contributed by atoms with Crippen molar-refractivity contribution in [3.05, 3.63) is 35.4 Å². The van der Waals surface area contributed by atoms with Crippen molar-refractivity contribution >= 4 is 5.96 Å².